The number of nitrogens with one attached hydrogen (secondary N) is 1. The second kappa shape index (κ2) is 5.51. The number of esters is 1. The average molecular weight is 339 g/mol. The highest BCUT2D eigenvalue weighted by atomic mass is 16.7. The van der Waals surface area contributed by atoms with Gasteiger partial charge in [-0.05, 0) is 18.2 Å². The fraction of sp³-hybridized carbons (Fsp3) is 0.263. The van der Waals surface area contributed by atoms with Gasteiger partial charge in [0, 0.05) is 31.2 Å². The van der Waals surface area contributed by atoms with E-state index in [1.165, 1.54) is 0 Å². The second-order valence-corrected chi connectivity index (χ2v) is 6.50. The van der Waals surface area contributed by atoms with Gasteiger partial charge in [-0.25, -0.2) is 4.79 Å². The molecule has 0 aromatic heterocycles. The summed E-state index contributed by atoms with van der Waals surface area (Å²) in [6, 6.07) is 12.3. The third-order valence-electron chi connectivity index (χ3n) is 4.09. The number of hydrogen-bond donors (Lipinski definition) is 1. The van der Waals surface area contributed by atoms with E-state index in [0.717, 1.165) is 5.56 Å². The van der Waals surface area contributed by atoms with E-state index in [4.69, 9.17) is 14.2 Å². The van der Waals surface area contributed by atoms with Crippen LogP contribution in [0.3, 0.4) is 0 Å². The Bertz CT molecular complexity index is 874. The molecule has 6 heteroatoms. The first-order chi connectivity index (χ1) is 11.9. The van der Waals surface area contributed by atoms with Crippen molar-refractivity contribution in [2.45, 2.75) is 32.2 Å². The smallest absolute Gasteiger partial charge is 0.339 e. The summed E-state index contributed by atoms with van der Waals surface area (Å²) in [6.45, 7) is 3.63. The summed E-state index contributed by atoms with van der Waals surface area (Å²) in [5.74, 6) is -0.124. The van der Waals surface area contributed by atoms with Gasteiger partial charge in [0.1, 0.15) is 6.10 Å². The molecular weight excluding hydrogens is 322 g/mol. The van der Waals surface area contributed by atoms with Crippen LogP contribution in [-0.4, -0.2) is 17.7 Å². The summed E-state index contributed by atoms with van der Waals surface area (Å²) in [6.07, 6.45) is -0.500. The first-order valence-electron chi connectivity index (χ1n) is 8.03. The molecule has 2 aromatic carbocycles. The number of fused-ring (bicyclic) bond motifs is 2. The predicted molar refractivity (Wildman–Crippen MR) is 89.6 cm³/mol. The van der Waals surface area contributed by atoms with Gasteiger partial charge in [0.2, 0.25) is 11.7 Å². The Labute approximate surface area is 144 Å². The number of cyclic esters (lactones) is 1. The summed E-state index contributed by atoms with van der Waals surface area (Å²) in [5.41, 5.74) is 1.86. The maximum absolute atomic E-state index is 12.3. The van der Waals surface area contributed by atoms with Crippen LogP contribution in [0.4, 0.5) is 5.69 Å². The number of benzene rings is 2. The summed E-state index contributed by atoms with van der Waals surface area (Å²) in [5, 5.41) is 2.81. The van der Waals surface area contributed by atoms with E-state index in [9.17, 15) is 9.59 Å². The molecule has 0 spiro atoms. The van der Waals surface area contributed by atoms with E-state index in [1.54, 1.807) is 36.4 Å². The Kier molecular flexibility index (Phi) is 3.42. The summed E-state index contributed by atoms with van der Waals surface area (Å²) in [7, 11) is 0. The molecule has 2 aromatic rings. The molecule has 0 fully saturated rings. The Morgan fingerprint density at radius 2 is 1.88 bits per heavy atom. The lowest BCUT2D eigenvalue weighted by molar-refractivity contribution is -0.118. The van der Waals surface area contributed by atoms with E-state index in [1.807, 2.05) is 19.9 Å². The fourth-order valence-corrected chi connectivity index (χ4v) is 3.05. The molecule has 0 saturated heterocycles. The van der Waals surface area contributed by atoms with Crippen molar-refractivity contribution >= 4 is 17.6 Å². The van der Waals surface area contributed by atoms with Gasteiger partial charge in [0.25, 0.3) is 0 Å². The number of ether oxygens (including phenoxy) is 3. The zero-order chi connectivity index (χ0) is 17.6. The SMILES string of the molecule is CC1(C)Oc2ccc(NC(=O)C[C@@H]3OC(=O)c4ccccc43)cc2O1. The molecule has 0 bridgehead atoms. The lowest BCUT2D eigenvalue weighted by atomic mass is 10.0. The monoisotopic (exact) mass is 339 g/mol. The standard InChI is InChI=1S/C19H17NO5/c1-19(2)24-14-8-7-11(9-16(14)25-19)20-17(21)10-15-12-5-3-4-6-13(12)18(22)23-15/h3-9,15H,10H2,1-2H3,(H,20,21)/t15-/m0/s1. The van der Waals surface area contributed by atoms with E-state index in [0.29, 0.717) is 22.7 Å². The van der Waals surface area contributed by atoms with E-state index >= 15 is 0 Å². The van der Waals surface area contributed by atoms with Gasteiger partial charge in [-0.1, -0.05) is 18.2 Å². The van der Waals surface area contributed by atoms with Crippen molar-refractivity contribution < 1.29 is 23.8 Å². The number of carbonyl (C=O) groups excluding carboxylic acids is 2. The highest BCUT2D eigenvalue weighted by Gasteiger charge is 2.33. The quantitative estimate of drug-likeness (QED) is 0.867. The molecule has 25 heavy (non-hydrogen) atoms. The van der Waals surface area contributed by atoms with Crippen LogP contribution in [0, 0.1) is 0 Å². The van der Waals surface area contributed by atoms with Crippen LogP contribution in [0.1, 0.15) is 42.3 Å². The molecule has 1 N–H and O–H groups in total. The third-order valence-corrected chi connectivity index (χ3v) is 4.09. The second-order valence-electron chi connectivity index (χ2n) is 6.50. The fourth-order valence-electron chi connectivity index (χ4n) is 3.05. The van der Waals surface area contributed by atoms with Crippen molar-refractivity contribution in [3.63, 3.8) is 0 Å². The molecular formula is C19H17NO5. The maximum atomic E-state index is 12.3. The summed E-state index contributed by atoms with van der Waals surface area (Å²) < 4.78 is 16.6. The number of hydrogen-bond acceptors (Lipinski definition) is 5. The van der Waals surface area contributed by atoms with Gasteiger partial charge in [-0.3, -0.25) is 4.79 Å². The molecule has 0 aliphatic carbocycles. The van der Waals surface area contributed by atoms with Gasteiger partial charge in [-0.15, -0.1) is 0 Å². The highest BCUT2D eigenvalue weighted by Crippen LogP contribution is 2.41. The van der Waals surface area contributed by atoms with Crippen LogP contribution in [0.25, 0.3) is 0 Å². The number of anilines is 1. The highest BCUT2D eigenvalue weighted by molar-refractivity contribution is 5.96. The molecule has 0 radical (unpaired) electrons. The summed E-state index contributed by atoms with van der Waals surface area (Å²) in [4.78, 5) is 24.2. The van der Waals surface area contributed by atoms with Gasteiger partial charge in [-0.2, -0.15) is 0 Å². The Hall–Kier alpha value is -3.02. The number of amides is 1. The van der Waals surface area contributed by atoms with Crippen LogP contribution in [0.15, 0.2) is 42.5 Å². The zero-order valence-electron chi connectivity index (χ0n) is 13.9. The minimum Gasteiger partial charge on any atom is -0.453 e. The zero-order valence-corrected chi connectivity index (χ0v) is 13.9. The normalized spacial score (nSPS) is 19.3. The minimum absolute atomic E-state index is 0.0582. The topological polar surface area (TPSA) is 73.9 Å². The van der Waals surface area contributed by atoms with Crippen LogP contribution in [0.2, 0.25) is 0 Å². The maximum Gasteiger partial charge on any atom is 0.339 e. The van der Waals surface area contributed by atoms with E-state index in [-0.39, 0.29) is 12.3 Å². The van der Waals surface area contributed by atoms with Crippen LogP contribution < -0.4 is 14.8 Å². The van der Waals surface area contributed by atoms with Gasteiger partial charge in [0.05, 0.1) is 12.0 Å². The van der Waals surface area contributed by atoms with Gasteiger partial charge < -0.3 is 19.5 Å². The summed E-state index contributed by atoms with van der Waals surface area (Å²) >= 11 is 0. The predicted octanol–water partition coefficient (Wildman–Crippen LogP) is 3.43. The molecule has 2 aliphatic rings. The number of rotatable bonds is 3. The molecule has 2 heterocycles. The van der Waals surface area contributed by atoms with Crippen LogP contribution in [0.5, 0.6) is 11.5 Å². The average Bonchev–Trinajstić information content (AvgIpc) is 3.03. The molecule has 0 saturated carbocycles. The van der Waals surface area contributed by atoms with E-state index < -0.39 is 17.9 Å². The van der Waals surface area contributed by atoms with Gasteiger partial charge in [0.15, 0.2) is 11.5 Å². The molecule has 2 aliphatic heterocycles. The molecule has 1 atom stereocenters. The van der Waals surface area contributed by atoms with Crippen molar-refractivity contribution in [2.75, 3.05) is 5.32 Å². The Morgan fingerprint density at radius 1 is 1.12 bits per heavy atom. The van der Waals surface area contributed by atoms with Crippen molar-refractivity contribution in [3.05, 3.63) is 53.6 Å². The minimum atomic E-state index is -0.716. The van der Waals surface area contributed by atoms with Crippen molar-refractivity contribution in [1.82, 2.24) is 0 Å². The lowest BCUT2D eigenvalue weighted by Gasteiger charge is -2.16. The van der Waals surface area contributed by atoms with Crippen LogP contribution in [-0.2, 0) is 9.53 Å². The van der Waals surface area contributed by atoms with Crippen LogP contribution >= 0.6 is 0 Å². The molecule has 6 nitrogen and oxygen atoms in total. The molecule has 128 valence electrons. The Balaban J connectivity index is 1.45. The molecule has 1 amide bonds. The molecule has 4 rings (SSSR count). The lowest BCUT2D eigenvalue weighted by Crippen LogP contribution is -2.29. The molecule has 0 unspecified atom stereocenters. The van der Waals surface area contributed by atoms with Gasteiger partial charge >= 0.3 is 5.97 Å². The number of carbonyl (C=O) groups is 2. The Morgan fingerprint density at radius 3 is 2.72 bits per heavy atom. The third kappa shape index (κ3) is 2.91. The van der Waals surface area contributed by atoms with E-state index in [2.05, 4.69) is 5.32 Å². The van der Waals surface area contributed by atoms with Crippen molar-refractivity contribution in [3.8, 4) is 11.5 Å². The first-order valence-corrected chi connectivity index (χ1v) is 8.03. The largest absolute Gasteiger partial charge is 0.453 e. The van der Waals surface area contributed by atoms with Crippen molar-refractivity contribution in [1.29, 1.82) is 0 Å². The van der Waals surface area contributed by atoms with Crippen molar-refractivity contribution in [2.24, 2.45) is 0 Å². The first kappa shape index (κ1) is 15.5.